The van der Waals surface area contributed by atoms with Gasteiger partial charge in [-0.2, -0.15) is 5.26 Å². The van der Waals surface area contributed by atoms with E-state index in [1.54, 1.807) is 0 Å². The summed E-state index contributed by atoms with van der Waals surface area (Å²) in [4.78, 5) is 1.84. The molecule has 0 unspecified atom stereocenters. The first-order valence-corrected chi connectivity index (χ1v) is 6.76. The van der Waals surface area contributed by atoms with Crippen LogP contribution in [0.25, 0.3) is 11.5 Å². The van der Waals surface area contributed by atoms with E-state index in [4.69, 9.17) is 9.68 Å². The normalized spacial score (nSPS) is 10.2. The average Bonchev–Trinajstić information content (AvgIpc) is 3.17. The van der Waals surface area contributed by atoms with Crippen molar-refractivity contribution >= 4 is 17.0 Å². The van der Waals surface area contributed by atoms with E-state index in [-0.39, 0.29) is 0 Å². The topological polar surface area (TPSA) is 74.7 Å². The predicted molar refractivity (Wildman–Crippen MR) is 76.1 cm³/mol. The summed E-state index contributed by atoms with van der Waals surface area (Å²) in [6.07, 6.45) is 1.31. The number of thiophene rings is 1. The fourth-order valence-electron chi connectivity index (χ4n) is 1.78. The fourth-order valence-corrected chi connectivity index (χ4v) is 2.53. The zero-order valence-electron chi connectivity index (χ0n) is 10.4. The van der Waals surface area contributed by atoms with Crippen LogP contribution in [0.3, 0.4) is 0 Å². The van der Waals surface area contributed by atoms with Gasteiger partial charge in [0.2, 0.25) is 12.3 Å². The number of rotatable bonds is 4. The minimum atomic E-state index is 0.497. The first kappa shape index (κ1) is 12.4. The molecule has 1 N–H and O–H groups in total. The lowest BCUT2D eigenvalue weighted by Crippen LogP contribution is -1.97. The molecular formula is C14H10N4OS. The maximum atomic E-state index is 8.79. The van der Waals surface area contributed by atoms with Crippen LogP contribution in [0.1, 0.15) is 9.75 Å². The van der Waals surface area contributed by atoms with Crippen LogP contribution >= 0.6 is 11.3 Å². The summed E-state index contributed by atoms with van der Waals surface area (Å²) in [6, 6.07) is 13.7. The van der Waals surface area contributed by atoms with Crippen LogP contribution in [0.5, 0.6) is 0 Å². The van der Waals surface area contributed by atoms with Gasteiger partial charge < -0.3 is 9.73 Å². The molecule has 0 aliphatic heterocycles. The highest BCUT2D eigenvalue weighted by Crippen LogP contribution is 2.22. The fraction of sp³-hybridized carbons (Fsp3) is 0.0714. The quantitative estimate of drug-likeness (QED) is 0.794. The molecule has 0 spiro atoms. The molecule has 2 heterocycles. The summed E-state index contributed by atoms with van der Waals surface area (Å²) >= 11 is 1.49. The van der Waals surface area contributed by atoms with Crippen molar-refractivity contribution in [1.82, 2.24) is 10.2 Å². The van der Waals surface area contributed by atoms with E-state index in [1.807, 2.05) is 36.4 Å². The molecule has 20 heavy (non-hydrogen) atoms. The van der Waals surface area contributed by atoms with E-state index < -0.39 is 0 Å². The van der Waals surface area contributed by atoms with Crippen LogP contribution in [0, 0.1) is 11.3 Å². The molecule has 0 aliphatic carbocycles. The molecule has 3 aromatic rings. The van der Waals surface area contributed by atoms with Crippen molar-refractivity contribution in [2.45, 2.75) is 6.54 Å². The Morgan fingerprint density at radius 1 is 1.30 bits per heavy atom. The Morgan fingerprint density at radius 2 is 2.25 bits per heavy atom. The highest BCUT2D eigenvalue weighted by atomic mass is 32.1. The second kappa shape index (κ2) is 5.55. The summed E-state index contributed by atoms with van der Waals surface area (Å²) in [5.74, 6) is 0.497. The zero-order chi connectivity index (χ0) is 13.8. The molecule has 2 aromatic heterocycles. The van der Waals surface area contributed by atoms with Gasteiger partial charge in [-0.05, 0) is 30.3 Å². The van der Waals surface area contributed by atoms with Crippen LogP contribution in [0.15, 0.2) is 47.2 Å². The summed E-state index contributed by atoms with van der Waals surface area (Å²) in [7, 11) is 0. The number of benzene rings is 1. The molecule has 98 valence electrons. The highest BCUT2D eigenvalue weighted by molar-refractivity contribution is 7.12. The zero-order valence-corrected chi connectivity index (χ0v) is 11.2. The summed E-state index contributed by atoms with van der Waals surface area (Å²) in [6.45, 7) is 0.680. The minimum Gasteiger partial charge on any atom is -0.423 e. The van der Waals surface area contributed by atoms with E-state index in [0.29, 0.717) is 12.4 Å². The summed E-state index contributed by atoms with van der Waals surface area (Å²) in [5, 5.41) is 19.7. The van der Waals surface area contributed by atoms with Crippen molar-refractivity contribution in [3.8, 4) is 17.5 Å². The van der Waals surface area contributed by atoms with Crippen molar-refractivity contribution in [1.29, 1.82) is 5.26 Å². The Morgan fingerprint density at radius 3 is 3.00 bits per heavy atom. The largest absolute Gasteiger partial charge is 0.423 e. The second-order valence-electron chi connectivity index (χ2n) is 4.06. The van der Waals surface area contributed by atoms with Gasteiger partial charge in [0.25, 0.3) is 0 Å². The van der Waals surface area contributed by atoms with Crippen molar-refractivity contribution in [3.05, 3.63) is 52.5 Å². The summed E-state index contributed by atoms with van der Waals surface area (Å²) < 4.78 is 5.17. The standard InChI is InChI=1S/C14H10N4OS/c15-7-12-4-5-13(20-12)8-16-11-3-1-2-10(6-11)14-18-17-9-19-14/h1-6,9,16H,8H2. The number of hydrogen-bond acceptors (Lipinski definition) is 6. The Balaban J connectivity index is 1.72. The number of hydrogen-bond donors (Lipinski definition) is 1. The van der Waals surface area contributed by atoms with Gasteiger partial charge >= 0.3 is 0 Å². The van der Waals surface area contributed by atoms with Crippen LogP contribution in [-0.2, 0) is 6.54 Å². The van der Waals surface area contributed by atoms with Crippen LogP contribution in [-0.4, -0.2) is 10.2 Å². The molecule has 0 fully saturated rings. The van der Waals surface area contributed by atoms with Crippen molar-refractivity contribution in [2.75, 3.05) is 5.32 Å². The van der Waals surface area contributed by atoms with Crippen molar-refractivity contribution in [2.24, 2.45) is 0 Å². The van der Waals surface area contributed by atoms with Gasteiger partial charge in [-0.15, -0.1) is 21.5 Å². The van der Waals surface area contributed by atoms with E-state index in [1.165, 1.54) is 17.7 Å². The van der Waals surface area contributed by atoms with Gasteiger partial charge in [-0.1, -0.05) is 6.07 Å². The molecule has 6 heteroatoms. The molecule has 0 aliphatic rings. The smallest absolute Gasteiger partial charge is 0.247 e. The van der Waals surface area contributed by atoms with E-state index in [0.717, 1.165) is 21.0 Å². The lowest BCUT2D eigenvalue weighted by molar-refractivity contribution is 0.568. The minimum absolute atomic E-state index is 0.497. The monoisotopic (exact) mass is 282 g/mol. The van der Waals surface area contributed by atoms with Gasteiger partial charge in [-0.3, -0.25) is 0 Å². The number of nitrogens with one attached hydrogen (secondary N) is 1. The number of anilines is 1. The van der Waals surface area contributed by atoms with E-state index in [2.05, 4.69) is 21.6 Å². The SMILES string of the molecule is N#Cc1ccc(CNc2cccc(-c3nnco3)c2)s1. The van der Waals surface area contributed by atoms with E-state index in [9.17, 15) is 0 Å². The molecule has 0 saturated carbocycles. The molecule has 0 saturated heterocycles. The number of nitrogens with zero attached hydrogens (tertiary/aromatic N) is 3. The third-order valence-corrected chi connectivity index (χ3v) is 3.70. The Labute approximate surface area is 119 Å². The van der Waals surface area contributed by atoms with Crippen molar-refractivity contribution in [3.63, 3.8) is 0 Å². The Bertz CT molecular complexity index is 743. The first-order chi connectivity index (χ1) is 9.85. The lowest BCUT2D eigenvalue weighted by atomic mass is 10.2. The van der Waals surface area contributed by atoms with Crippen LogP contribution in [0.4, 0.5) is 5.69 Å². The maximum absolute atomic E-state index is 8.79. The van der Waals surface area contributed by atoms with Crippen LogP contribution in [0.2, 0.25) is 0 Å². The molecule has 0 radical (unpaired) electrons. The Kier molecular flexibility index (Phi) is 3.44. The highest BCUT2D eigenvalue weighted by Gasteiger charge is 2.04. The van der Waals surface area contributed by atoms with Gasteiger partial charge in [0.05, 0.1) is 0 Å². The van der Waals surface area contributed by atoms with Crippen LogP contribution < -0.4 is 5.32 Å². The summed E-state index contributed by atoms with van der Waals surface area (Å²) in [5.41, 5.74) is 1.84. The Hall–Kier alpha value is -2.65. The number of nitriles is 1. The van der Waals surface area contributed by atoms with Gasteiger partial charge in [-0.25, -0.2) is 0 Å². The number of aromatic nitrogens is 2. The molecule has 5 nitrogen and oxygen atoms in total. The molecule has 0 amide bonds. The average molecular weight is 282 g/mol. The maximum Gasteiger partial charge on any atom is 0.247 e. The third-order valence-electron chi connectivity index (χ3n) is 2.71. The second-order valence-corrected chi connectivity index (χ2v) is 5.22. The van der Waals surface area contributed by atoms with Gasteiger partial charge in [0, 0.05) is 22.7 Å². The molecule has 1 aromatic carbocycles. The predicted octanol–water partition coefficient (Wildman–Crippen LogP) is 3.28. The van der Waals surface area contributed by atoms with Gasteiger partial charge in [0.15, 0.2) is 0 Å². The molecule has 0 bridgehead atoms. The van der Waals surface area contributed by atoms with E-state index >= 15 is 0 Å². The lowest BCUT2D eigenvalue weighted by Gasteiger charge is -2.05. The molecule has 3 rings (SSSR count). The molecule has 0 atom stereocenters. The first-order valence-electron chi connectivity index (χ1n) is 5.94. The molecular weight excluding hydrogens is 272 g/mol. The van der Waals surface area contributed by atoms with Crippen molar-refractivity contribution < 1.29 is 4.42 Å². The van der Waals surface area contributed by atoms with Gasteiger partial charge in [0.1, 0.15) is 10.9 Å². The third kappa shape index (κ3) is 2.68.